The number of aliphatic carboxylic acids is 1. The van der Waals surface area contributed by atoms with E-state index in [2.05, 4.69) is 0 Å². The highest BCUT2D eigenvalue weighted by Gasteiger charge is 2.50. The van der Waals surface area contributed by atoms with Crippen molar-refractivity contribution in [3.8, 4) is 0 Å². The molecule has 14 heavy (non-hydrogen) atoms. The van der Waals surface area contributed by atoms with Gasteiger partial charge in [-0.2, -0.15) is 0 Å². The normalized spacial score (nSPS) is 30.8. The maximum absolute atomic E-state index is 11.0. The Labute approximate surface area is 82.5 Å². The first-order valence-electron chi connectivity index (χ1n) is 4.72. The molecule has 1 saturated carbocycles. The Hall–Kier alpha value is -1.35. The number of nitrogens with two attached hydrogens (primary N) is 1. The molecule has 0 bridgehead atoms. The van der Waals surface area contributed by atoms with Crippen molar-refractivity contribution >= 4 is 5.97 Å². The van der Waals surface area contributed by atoms with Gasteiger partial charge in [0.2, 0.25) is 0 Å². The van der Waals surface area contributed by atoms with Gasteiger partial charge in [0, 0.05) is 5.92 Å². The van der Waals surface area contributed by atoms with Gasteiger partial charge in [0.15, 0.2) is 0 Å². The van der Waals surface area contributed by atoms with E-state index in [0.29, 0.717) is 6.42 Å². The molecule has 0 saturated heterocycles. The van der Waals surface area contributed by atoms with Crippen LogP contribution in [0.2, 0.25) is 0 Å². The number of carboxylic acids is 1. The number of carboxylic acid groups (broad SMARTS) is 1. The highest BCUT2D eigenvalue weighted by atomic mass is 16.4. The molecule has 0 amide bonds. The summed E-state index contributed by atoms with van der Waals surface area (Å²) in [6.07, 6.45) is 1.44. The molecule has 0 aromatic heterocycles. The van der Waals surface area contributed by atoms with Crippen LogP contribution in [0.15, 0.2) is 30.3 Å². The fraction of sp³-hybridized carbons (Fsp3) is 0.364. The minimum atomic E-state index is -1.04. The van der Waals surface area contributed by atoms with E-state index in [1.807, 2.05) is 30.3 Å². The largest absolute Gasteiger partial charge is 0.480 e. The molecule has 0 unspecified atom stereocenters. The van der Waals surface area contributed by atoms with Crippen molar-refractivity contribution in [2.75, 3.05) is 0 Å². The Balaban J connectivity index is 2.26. The minimum absolute atomic E-state index is 0.0267. The molecule has 0 aliphatic heterocycles. The summed E-state index contributed by atoms with van der Waals surface area (Å²) < 4.78 is 0. The van der Waals surface area contributed by atoms with E-state index in [4.69, 9.17) is 10.8 Å². The summed E-state index contributed by atoms with van der Waals surface area (Å²) in [6, 6.07) is 9.62. The Bertz CT molecular complexity index is 350. The van der Waals surface area contributed by atoms with Crippen LogP contribution in [0.4, 0.5) is 0 Å². The molecular weight excluding hydrogens is 178 g/mol. The van der Waals surface area contributed by atoms with Gasteiger partial charge in [-0.25, -0.2) is 0 Å². The van der Waals surface area contributed by atoms with Crippen LogP contribution < -0.4 is 5.73 Å². The maximum atomic E-state index is 11.0. The van der Waals surface area contributed by atoms with Gasteiger partial charge < -0.3 is 10.8 Å². The van der Waals surface area contributed by atoms with Crippen LogP contribution in [-0.2, 0) is 4.79 Å². The van der Waals surface area contributed by atoms with Crippen molar-refractivity contribution in [2.45, 2.75) is 24.3 Å². The van der Waals surface area contributed by atoms with Crippen LogP contribution in [0.5, 0.6) is 0 Å². The molecule has 1 aromatic rings. The zero-order valence-corrected chi connectivity index (χ0v) is 7.81. The van der Waals surface area contributed by atoms with Gasteiger partial charge in [0.05, 0.1) is 0 Å². The third-order valence-corrected chi connectivity index (χ3v) is 3.07. The van der Waals surface area contributed by atoms with Crippen LogP contribution in [0.25, 0.3) is 0 Å². The first-order chi connectivity index (χ1) is 6.64. The molecule has 3 nitrogen and oxygen atoms in total. The Morgan fingerprint density at radius 1 is 1.43 bits per heavy atom. The summed E-state index contributed by atoms with van der Waals surface area (Å²) in [5.41, 5.74) is 5.81. The third-order valence-electron chi connectivity index (χ3n) is 3.07. The number of hydrogen-bond acceptors (Lipinski definition) is 2. The molecule has 0 heterocycles. The quantitative estimate of drug-likeness (QED) is 0.741. The standard InChI is InChI=1S/C11H13NO2/c12-11(10(13)14)7-6-9(11)8-4-2-1-3-5-8/h1-5,9H,6-7,12H2,(H,13,14)/t9-,11-/m1/s1. The predicted octanol–water partition coefficient (Wildman–Crippen LogP) is 1.35. The van der Waals surface area contributed by atoms with Crippen LogP contribution >= 0.6 is 0 Å². The number of hydrogen-bond donors (Lipinski definition) is 2. The minimum Gasteiger partial charge on any atom is -0.480 e. The first-order valence-corrected chi connectivity index (χ1v) is 4.72. The fourth-order valence-corrected chi connectivity index (χ4v) is 2.01. The Morgan fingerprint density at radius 2 is 2.07 bits per heavy atom. The van der Waals surface area contributed by atoms with E-state index in [9.17, 15) is 4.79 Å². The molecule has 1 fully saturated rings. The molecule has 3 N–H and O–H groups in total. The summed E-state index contributed by atoms with van der Waals surface area (Å²) in [7, 11) is 0. The second-order valence-electron chi connectivity index (χ2n) is 3.85. The lowest BCUT2D eigenvalue weighted by Gasteiger charge is -2.43. The molecule has 1 aromatic carbocycles. The topological polar surface area (TPSA) is 63.3 Å². The summed E-state index contributed by atoms with van der Waals surface area (Å²) >= 11 is 0. The SMILES string of the molecule is N[C@]1(C(=O)O)CC[C@@H]1c1ccccc1. The monoisotopic (exact) mass is 191 g/mol. The zero-order chi connectivity index (χ0) is 10.2. The smallest absolute Gasteiger partial charge is 0.324 e. The van der Waals surface area contributed by atoms with Gasteiger partial charge in [-0.15, -0.1) is 0 Å². The lowest BCUT2D eigenvalue weighted by Crippen LogP contribution is -2.59. The lowest BCUT2D eigenvalue weighted by molar-refractivity contribution is -0.147. The molecule has 1 aliphatic carbocycles. The molecule has 2 atom stereocenters. The molecule has 74 valence electrons. The molecule has 3 heteroatoms. The van der Waals surface area contributed by atoms with Crippen molar-refractivity contribution in [1.29, 1.82) is 0 Å². The Morgan fingerprint density at radius 3 is 2.50 bits per heavy atom. The van der Waals surface area contributed by atoms with Crippen molar-refractivity contribution in [1.82, 2.24) is 0 Å². The van der Waals surface area contributed by atoms with Crippen LogP contribution in [0, 0.1) is 0 Å². The number of carbonyl (C=O) groups is 1. The van der Waals surface area contributed by atoms with Gasteiger partial charge in [0.25, 0.3) is 0 Å². The maximum Gasteiger partial charge on any atom is 0.324 e. The zero-order valence-electron chi connectivity index (χ0n) is 7.81. The highest BCUT2D eigenvalue weighted by Crippen LogP contribution is 2.44. The van der Waals surface area contributed by atoms with E-state index >= 15 is 0 Å². The van der Waals surface area contributed by atoms with Gasteiger partial charge >= 0.3 is 5.97 Å². The van der Waals surface area contributed by atoms with Crippen LogP contribution in [-0.4, -0.2) is 16.6 Å². The second-order valence-corrected chi connectivity index (χ2v) is 3.85. The predicted molar refractivity (Wildman–Crippen MR) is 53.0 cm³/mol. The first kappa shape index (κ1) is 9.21. The summed E-state index contributed by atoms with van der Waals surface area (Å²) in [6.45, 7) is 0. The molecule has 2 rings (SSSR count). The molecular formula is C11H13NO2. The van der Waals surface area contributed by atoms with Crippen LogP contribution in [0.1, 0.15) is 24.3 Å². The van der Waals surface area contributed by atoms with Gasteiger partial charge in [-0.1, -0.05) is 30.3 Å². The third kappa shape index (κ3) is 1.21. The Kier molecular flexibility index (Phi) is 2.04. The average Bonchev–Trinajstić information content (AvgIpc) is 2.16. The second kappa shape index (κ2) is 3.10. The molecule has 0 radical (unpaired) electrons. The van der Waals surface area contributed by atoms with E-state index in [-0.39, 0.29) is 5.92 Å². The molecule has 0 spiro atoms. The van der Waals surface area contributed by atoms with Gasteiger partial charge in [-0.05, 0) is 18.4 Å². The van der Waals surface area contributed by atoms with E-state index < -0.39 is 11.5 Å². The number of benzene rings is 1. The van der Waals surface area contributed by atoms with Crippen molar-refractivity contribution in [2.24, 2.45) is 5.73 Å². The average molecular weight is 191 g/mol. The highest BCUT2D eigenvalue weighted by molar-refractivity contribution is 5.81. The van der Waals surface area contributed by atoms with E-state index in [1.54, 1.807) is 0 Å². The lowest BCUT2D eigenvalue weighted by atomic mass is 9.64. The van der Waals surface area contributed by atoms with E-state index in [1.165, 1.54) is 0 Å². The molecule has 1 aliphatic rings. The summed E-state index contributed by atoms with van der Waals surface area (Å²) in [5.74, 6) is -0.918. The summed E-state index contributed by atoms with van der Waals surface area (Å²) in [4.78, 5) is 11.0. The van der Waals surface area contributed by atoms with Crippen molar-refractivity contribution in [3.05, 3.63) is 35.9 Å². The van der Waals surface area contributed by atoms with Gasteiger partial charge in [-0.3, -0.25) is 4.79 Å². The number of rotatable bonds is 2. The summed E-state index contributed by atoms with van der Waals surface area (Å²) in [5, 5.41) is 9.00. The van der Waals surface area contributed by atoms with Crippen LogP contribution in [0.3, 0.4) is 0 Å². The van der Waals surface area contributed by atoms with Crippen molar-refractivity contribution in [3.63, 3.8) is 0 Å². The van der Waals surface area contributed by atoms with Crippen molar-refractivity contribution < 1.29 is 9.90 Å². The van der Waals surface area contributed by atoms with E-state index in [0.717, 1.165) is 12.0 Å². The fourth-order valence-electron chi connectivity index (χ4n) is 2.01. The van der Waals surface area contributed by atoms with Gasteiger partial charge in [0.1, 0.15) is 5.54 Å².